The van der Waals surface area contributed by atoms with Gasteiger partial charge in [-0.2, -0.15) is 0 Å². The monoisotopic (exact) mass is 174 g/mol. The molecule has 0 bridgehead atoms. The Morgan fingerprint density at radius 1 is 1.08 bits per heavy atom. The maximum atomic E-state index is 10.9. The Bertz CT molecular complexity index is 120. The molecule has 12 heavy (non-hydrogen) atoms. The summed E-state index contributed by atoms with van der Waals surface area (Å²) in [5.41, 5.74) is 0. The number of hydrogen-bond donors (Lipinski definition) is 0. The minimum atomic E-state index is -0.557. The summed E-state index contributed by atoms with van der Waals surface area (Å²) in [6.07, 6.45) is 0.965. The molecule has 72 valence electrons. The molecule has 0 saturated carbocycles. The molecule has 0 aromatic rings. The second kappa shape index (κ2) is 5.86. The number of ether oxygens (including phenoxy) is 2. The van der Waals surface area contributed by atoms with Gasteiger partial charge in [0.25, 0.3) is 0 Å². The average Bonchev–Trinajstić information content (AvgIpc) is 2.03. The second-order valence-corrected chi connectivity index (χ2v) is 2.92. The molecule has 0 saturated heterocycles. The first kappa shape index (κ1) is 11.3. The molecule has 3 nitrogen and oxygen atoms in total. The van der Waals surface area contributed by atoms with Gasteiger partial charge in [-0.15, -0.1) is 0 Å². The van der Waals surface area contributed by atoms with Crippen LogP contribution in [0.5, 0.6) is 0 Å². The van der Waals surface area contributed by atoms with Gasteiger partial charge in [0, 0.05) is 0 Å². The molecule has 0 spiro atoms. The van der Waals surface area contributed by atoms with Crippen LogP contribution in [-0.4, -0.2) is 18.4 Å². The number of rotatable bonds is 4. The summed E-state index contributed by atoms with van der Waals surface area (Å²) in [6.45, 7) is 7.61. The Labute approximate surface area is 74.0 Å². The van der Waals surface area contributed by atoms with E-state index >= 15 is 0 Å². The van der Waals surface area contributed by atoms with Gasteiger partial charge in [-0.05, 0) is 26.7 Å². The van der Waals surface area contributed by atoms with Crippen LogP contribution < -0.4 is 0 Å². The van der Waals surface area contributed by atoms with E-state index in [4.69, 9.17) is 9.47 Å². The van der Waals surface area contributed by atoms with Gasteiger partial charge < -0.3 is 9.47 Å². The van der Waals surface area contributed by atoms with Crippen molar-refractivity contribution >= 4 is 6.16 Å². The topological polar surface area (TPSA) is 35.5 Å². The fourth-order valence-corrected chi connectivity index (χ4v) is 0.523. The highest BCUT2D eigenvalue weighted by atomic mass is 16.7. The third-order valence-corrected chi connectivity index (χ3v) is 1.74. The Morgan fingerprint density at radius 2 is 1.42 bits per heavy atom. The lowest BCUT2D eigenvalue weighted by Gasteiger charge is -2.14. The molecular weight excluding hydrogens is 156 g/mol. The maximum Gasteiger partial charge on any atom is 0.508 e. The van der Waals surface area contributed by atoms with Crippen molar-refractivity contribution in [2.75, 3.05) is 0 Å². The van der Waals surface area contributed by atoms with E-state index in [9.17, 15) is 4.79 Å². The van der Waals surface area contributed by atoms with Crippen LogP contribution in [0.4, 0.5) is 4.79 Å². The molecule has 0 aromatic heterocycles. The van der Waals surface area contributed by atoms with Crippen LogP contribution in [0.25, 0.3) is 0 Å². The molecule has 0 aliphatic heterocycles. The molecule has 0 rings (SSSR count). The third-order valence-electron chi connectivity index (χ3n) is 1.74. The van der Waals surface area contributed by atoms with Crippen molar-refractivity contribution in [3.8, 4) is 0 Å². The molecule has 3 heteroatoms. The van der Waals surface area contributed by atoms with E-state index in [-0.39, 0.29) is 12.2 Å². The van der Waals surface area contributed by atoms with E-state index in [1.807, 2.05) is 27.7 Å². The first-order valence-corrected chi connectivity index (χ1v) is 4.47. The van der Waals surface area contributed by atoms with E-state index in [1.54, 1.807) is 0 Å². The van der Waals surface area contributed by atoms with Gasteiger partial charge in [-0.1, -0.05) is 13.8 Å². The van der Waals surface area contributed by atoms with Crippen molar-refractivity contribution in [3.05, 3.63) is 0 Å². The molecule has 0 radical (unpaired) electrons. The molecule has 0 aliphatic rings. The van der Waals surface area contributed by atoms with Crippen LogP contribution in [-0.2, 0) is 9.47 Å². The molecule has 0 fully saturated rings. The average molecular weight is 174 g/mol. The normalized spacial score (nSPS) is 15.0. The van der Waals surface area contributed by atoms with Crippen molar-refractivity contribution in [2.24, 2.45) is 0 Å². The summed E-state index contributed by atoms with van der Waals surface area (Å²) in [5.74, 6) is 0. The van der Waals surface area contributed by atoms with Gasteiger partial charge >= 0.3 is 6.16 Å². The van der Waals surface area contributed by atoms with Crippen LogP contribution in [0, 0.1) is 0 Å². The first-order valence-electron chi connectivity index (χ1n) is 4.47. The maximum absolute atomic E-state index is 10.9. The fourth-order valence-electron chi connectivity index (χ4n) is 0.523. The minimum absolute atomic E-state index is 0.0541. The fraction of sp³-hybridized carbons (Fsp3) is 0.889. The number of hydrogen-bond acceptors (Lipinski definition) is 3. The summed E-state index contributed by atoms with van der Waals surface area (Å²) in [7, 11) is 0. The summed E-state index contributed by atoms with van der Waals surface area (Å²) in [4.78, 5) is 10.9. The molecule has 2 atom stereocenters. The molecule has 0 aliphatic carbocycles. The summed E-state index contributed by atoms with van der Waals surface area (Å²) >= 11 is 0. The lowest BCUT2D eigenvalue weighted by Crippen LogP contribution is -2.19. The molecule has 0 aromatic carbocycles. The largest absolute Gasteiger partial charge is 0.508 e. The lowest BCUT2D eigenvalue weighted by atomic mass is 10.3. The molecule has 0 unspecified atom stereocenters. The van der Waals surface area contributed by atoms with Crippen LogP contribution in [0.3, 0.4) is 0 Å². The van der Waals surface area contributed by atoms with Gasteiger partial charge in [0.2, 0.25) is 0 Å². The van der Waals surface area contributed by atoms with Gasteiger partial charge in [0.1, 0.15) is 12.2 Å². The van der Waals surface area contributed by atoms with Crippen molar-refractivity contribution in [1.82, 2.24) is 0 Å². The summed E-state index contributed by atoms with van der Waals surface area (Å²) < 4.78 is 9.82. The predicted molar refractivity (Wildman–Crippen MR) is 47.1 cm³/mol. The quantitative estimate of drug-likeness (QED) is 0.615. The SMILES string of the molecule is CC[C@H](C)OC(=O)O[C@@H](C)CC. The minimum Gasteiger partial charge on any atom is -0.431 e. The van der Waals surface area contributed by atoms with Crippen molar-refractivity contribution in [1.29, 1.82) is 0 Å². The lowest BCUT2D eigenvalue weighted by molar-refractivity contribution is 0.00599. The van der Waals surface area contributed by atoms with Gasteiger partial charge in [-0.3, -0.25) is 0 Å². The van der Waals surface area contributed by atoms with Crippen LogP contribution in [0.1, 0.15) is 40.5 Å². The van der Waals surface area contributed by atoms with Crippen LogP contribution >= 0.6 is 0 Å². The van der Waals surface area contributed by atoms with Gasteiger partial charge in [0.15, 0.2) is 0 Å². The molecule has 0 N–H and O–H groups in total. The van der Waals surface area contributed by atoms with Crippen molar-refractivity contribution in [2.45, 2.75) is 52.7 Å². The molecular formula is C9H18O3. The number of carbonyl (C=O) groups is 1. The Balaban J connectivity index is 3.59. The summed E-state index contributed by atoms with van der Waals surface area (Å²) in [5, 5.41) is 0. The molecule has 0 heterocycles. The highest BCUT2D eigenvalue weighted by Gasteiger charge is 2.11. The summed E-state index contributed by atoms with van der Waals surface area (Å²) in [6, 6.07) is 0. The third kappa shape index (κ3) is 4.99. The van der Waals surface area contributed by atoms with Gasteiger partial charge in [-0.25, -0.2) is 4.79 Å². The Hall–Kier alpha value is -0.730. The Morgan fingerprint density at radius 3 is 1.67 bits per heavy atom. The Kier molecular flexibility index (Phi) is 5.51. The van der Waals surface area contributed by atoms with Crippen LogP contribution in [0.2, 0.25) is 0 Å². The van der Waals surface area contributed by atoms with E-state index < -0.39 is 6.16 Å². The number of carbonyl (C=O) groups excluding carboxylic acids is 1. The highest BCUT2D eigenvalue weighted by molar-refractivity contribution is 5.60. The van der Waals surface area contributed by atoms with Crippen molar-refractivity contribution < 1.29 is 14.3 Å². The second-order valence-electron chi connectivity index (χ2n) is 2.92. The highest BCUT2D eigenvalue weighted by Crippen LogP contribution is 2.02. The zero-order valence-corrected chi connectivity index (χ0v) is 8.29. The first-order chi connectivity index (χ1) is 5.60. The van der Waals surface area contributed by atoms with Gasteiger partial charge in [0.05, 0.1) is 0 Å². The van der Waals surface area contributed by atoms with E-state index in [0.717, 1.165) is 12.8 Å². The zero-order valence-electron chi connectivity index (χ0n) is 8.29. The smallest absolute Gasteiger partial charge is 0.431 e. The van der Waals surface area contributed by atoms with E-state index in [1.165, 1.54) is 0 Å². The van der Waals surface area contributed by atoms with Crippen molar-refractivity contribution in [3.63, 3.8) is 0 Å². The van der Waals surface area contributed by atoms with E-state index in [2.05, 4.69) is 0 Å². The predicted octanol–water partition coefficient (Wildman–Crippen LogP) is 2.74. The van der Waals surface area contributed by atoms with E-state index in [0.29, 0.717) is 0 Å². The molecule has 0 amide bonds. The zero-order chi connectivity index (χ0) is 9.56. The van der Waals surface area contributed by atoms with Crippen LogP contribution in [0.15, 0.2) is 0 Å². The standard InChI is InChI=1S/C9H18O3/c1-5-7(3)11-9(10)12-8(4)6-2/h7-8H,5-6H2,1-4H3/t7-,8-/m0/s1.